The van der Waals surface area contributed by atoms with Gasteiger partial charge in [0.05, 0.1) is 0 Å². The Kier molecular flexibility index (Phi) is 3.33. The molecule has 98 valence electrons. The summed E-state index contributed by atoms with van der Waals surface area (Å²) in [6.07, 6.45) is -0.768. The highest BCUT2D eigenvalue weighted by Crippen LogP contribution is 2.40. The normalized spacial score (nSPS) is 12.3. The summed E-state index contributed by atoms with van der Waals surface area (Å²) in [6, 6.07) is 3.77. The van der Waals surface area contributed by atoms with Crippen molar-refractivity contribution in [2.75, 3.05) is 0 Å². The SMILES string of the molecule is FC(F)Oc1nc2c(SC(F)(F)F)cccc2o1. The molecule has 2 rings (SSSR count). The Balaban J connectivity index is 2.39. The standard InChI is InChI=1S/C9H4F5NO2S/c10-7(11)17-8-15-6-4(16-8)2-1-3-5(6)18-9(12,13)14/h1-3,7H. The summed E-state index contributed by atoms with van der Waals surface area (Å²) in [4.78, 5) is 3.20. The molecule has 0 saturated heterocycles. The summed E-state index contributed by atoms with van der Waals surface area (Å²) >= 11 is -0.403. The van der Waals surface area contributed by atoms with Gasteiger partial charge in [0.15, 0.2) is 5.58 Å². The first-order valence-electron chi connectivity index (χ1n) is 4.45. The molecule has 0 unspecified atom stereocenters. The van der Waals surface area contributed by atoms with Gasteiger partial charge in [-0.1, -0.05) is 6.07 Å². The number of hydrogen-bond donors (Lipinski definition) is 0. The minimum Gasteiger partial charge on any atom is -0.409 e. The molecule has 1 aromatic heterocycles. The van der Waals surface area contributed by atoms with Gasteiger partial charge in [-0.15, -0.1) is 0 Å². The van der Waals surface area contributed by atoms with E-state index in [1.54, 1.807) is 0 Å². The van der Waals surface area contributed by atoms with E-state index in [1.165, 1.54) is 12.1 Å². The van der Waals surface area contributed by atoms with Gasteiger partial charge in [-0.2, -0.15) is 26.9 Å². The first-order valence-corrected chi connectivity index (χ1v) is 5.27. The molecular formula is C9H4F5NO2S. The molecule has 0 fully saturated rings. The molecular weight excluding hydrogens is 281 g/mol. The second kappa shape index (κ2) is 4.63. The van der Waals surface area contributed by atoms with E-state index in [1.807, 2.05) is 0 Å². The first-order chi connectivity index (χ1) is 8.35. The Morgan fingerprint density at radius 1 is 1.28 bits per heavy atom. The molecule has 0 spiro atoms. The highest BCUT2D eigenvalue weighted by atomic mass is 32.2. The van der Waals surface area contributed by atoms with Gasteiger partial charge in [0.1, 0.15) is 5.52 Å². The average Bonchev–Trinajstić information content (AvgIpc) is 2.57. The van der Waals surface area contributed by atoms with Crippen molar-refractivity contribution >= 4 is 22.9 Å². The lowest BCUT2D eigenvalue weighted by molar-refractivity contribution is -0.0664. The van der Waals surface area contributed by atoms with Crippen LogP contribution in [0.3, 0.4) is 0 Å². The Morgan fingerprint density at radius 3 is 2.61 bits per heavy atom. The number of thioether (sulfide) groups is 1. The molecule has 1 heterocycles. The highest BCUT2D eigenvalue weighted by Gasteiger charge is 2.31. The molecule has 0 bridgehead atoms. The van der Waals surface area contributed by atoms with Crippen molar-refractivity contribution in [3.63, 3.8) is 0 Å². The van der Waals surface area contributed by atoms with E-state index in [-0.39, 0.29) is 16.0 Å². The van der Waals surface area contributed by atoms with Crippen molar-refractivity contribution in [2.24, 2.45) is 0 Å². The summed E-state index contributed by atoms with van der Waals surface area (Å²) in [5.74, 6) is 0. The van der Waals surface area contributed by atoms with Gasteiger partial charge in [0, 0.05) is 4.90 Å². The lowest BCUT2D eigenvalue weighted by Crippen LogP contribution is -2.01. The number of para-hydroxylation sites is 1. The van der Waals surface area contributed by atoms with Crippen molar-refractivity contribution in [1.29, 1.82) is 0 Å². The molecule has 3 nitrogen and oxygen atoms in total. The molecule has 0 aliphatic heterocycles. The molecule has 0 N–H and O–H groups in total. The number of alkyl halides is 5. The van der Waals surface area contributed by atoms with E-state index in [9.17, 15) is 22.0 Å². The summed E-state index contributed by atoms with van der Waals surface area (Å²) in [5, 5.41) is 0. The molecule has 0 radical (unpaired) electrons. The van der Waals surface area contributed by atoms with E-state index in [0.717, 1.165) is 6.07 Å². The van der Waals surface area contributed by atoms with Crippen LogP contribution in [0.15, 0.2) is 27.5 Å². The van der Waals surface area contributed by atoms with Gasteiger partial charge < -0.3 is 9.15 Å². The maximum atomic E-state index is 12.2. The fourth-order valence-electron chi connectivity index (χ4n) is 1.24. The first kappa shape index (κ1) is 12.9. The van der Waals surface area contributed by atoms with Crippen LogP contribution >= 0.6 is 11.8 Å². The predicted octanol–water partition coefficient (Wildman–Crippen LogP) is 4.04. The smallest absolute Gasteiger partial charge is 0.409 e. The number of nitrogens with zero attached hydrogens (tertiary/aromatic N) is 1. The Bertz CT molecular complexity index is 553. The van der Waals surface area contributed by atoms with Crippen molar-refractivity contribution < 1.29 is 31.1 Å². The van der Waals surface area contributed by atoms with Crippen molar-refractivity contribution in [1.82, 2.24) is 4.98 Å². The van der Waals surface area contributed by atoms with Gasteiger partial charge in [-0.3, -0.25) is 0 Å². The third kappa shape index (κ3) is 3.03. The van der Waals surface area contributed by atoms with E-state index in [2.05, 4.69) is 9.72 Å². The minimum atomic E-state index is -4.50. The second-order valence-corrected chi connectivity index (χ2v) is 4.12. The molecule has 0 saturated carbocycles. The van der Waals surface area contributed by atoms with E-state index in [4.69, 9.17) is 4.42 Å². The van der Waals surface area contributed by atoms with E-state index >= 15 is 0 Å². The number of ether oxygens (including phenoxy) is 1. The van der Waals surface area contributed by atoms with Crippen LogP contribution in [-0.2, 0) is 0 Å². The number of oxazole rings is 1. The summed E-state index contributed by atoms with van der Waals surface area (Å²) in [7, 11) is 0. The Morgan fingerprint density at radius 2 is 2.00 bits per heavy atom. The van der Waals surface area contributed by atoms with Crippen molar-refractivity contribution in [3.05, 3.63) is 18.2 Å². The van der Waals surface area contributed by atoms with Gasteiger partial charge >= 0.3 is 18.2 Å². The minimum absolute atomic E-state index is 0.0556. The summed E-state index contributed by atoms with van der Waals surface area (Å²) in [5.41, 5.74) is -4.73. The second-order valence-electron chi connectivity index (χ2n) is 3.01. The number of benzene rings is 1. The maximum absolute atomic E-state index is 12.2. The molecule has 0 atom stereocenters. The molecule has 1 aromatic carbocycles. The van der Waals surface area contributed by atoms with Gasteiger partial charge in [0.25, 0.3) is 0 Å². The van der Waals surface area contributed by atoms with Crippen LogP contribution in [0.5, 0.6) is 6.08 Å². The topological polar surface area (TPSA) is 35.3 Å². The fraction of sp³-hybridized carbons (Fsp3) is 0.222. The summed E-state index contributed by atoms with van der Waals surface area (Å²) in [6.45, 7) is -3.16. The van der Waals surface area contributed by atoms with Crippen LogP contribution in [0, 0.1) is 0 Å². The molecule has 9 heteroatoms. The van der Waals surface area contributed by atoms with Crippen LogP contribution in [0.2, 0.25) is 0 Å². The largest absolute Gasteiger partial charge is 0.446 e. The average molecular weight is 285 g/mol. The van der Waals surface area contributed by atoms with Crippen molar-refractivity contribution in [2.45, 2.75) is 17.0 Å². The Hall–Kier alpha value is -1.51. The monoisotopic (exact) mass is 285 g/mol. The molecule has 0 amide bonds. The van der Waals surface area contributed by atoms with Crippen LogP contribution in [-0.4, -0.2) is 17.1 Å². The van der Waals surface area contributed by atoms with Crippen LogP contribution < -0.4 is 4.74 Å². The fourth-order valence-corrected chi connectivity index (χ4v) is 1.88. The number of fused-ring (bicyclic) bond motifs is 1. The zero-order valence-electron chi connectivity index (χ0n) is 8.37. The van der Waals surface area contributed by atoms with Crippen LogP contribution in [0.4, 0.5) is 22.0 Å². The van der Waals surface area contributed by atoms with Crippen molar-refractivity contribution in [3.8, 4) is 6.08 Å². The predicted molar refractivity (Wildman–Crippen MR) is 52.6 cm³/mol. The Labute approximate surface area is 101 Å². The summed E-state index contributed by atoms with van der Waals surface area (Å²) < 4.78 is 69.2. The highest BCUT2D eigenvalue weighted by molar-refractivity contribution is 8.00. The quantitative estimate of drug-likeness (QED) is 0.629. The molecule has 0 aliphatic carbocycles. The number of halogens is 5. The van der Waals surface area contributed by atoms with Gasteiger partial charge in [-0.05, 0) is 23.9 Å². The zero-order chi connectivity index (χ0) is 13.3. The number of aromatic nitrogens is 1. The number of rotatable bonds is 3. The third-order valence-corrected chi connectivity index (χ3v) is 2.56. The van der Waals surface area contributed by atoms with Gasteiger partial charge in [0.2, 0.25) is 0 Å². The maximum Gasteiger partial charge on any atom is 0.446 e. The molecule has 18 heavy (non-hydrogen) atoms. The lowest BCUT2D eigenvalue weighted by atomic mass is 10.3. The molecule has 0 aliphatic rings. The van der Waals surface area contributed by atoms with E-state index < -0.39 is 30.0 Å². The number of hydrogen-bond acceptors (Lipinski definition) is 4. The van der Waals surface area contributed by atoms with Crippen LogP contribution in [0.1, 0.15) is 0 Å². The van der Waals surface area contributed by atoms with Gasteiger partial charge in [-0.25, -0.2) is 0 Å². The third-order valence-electron chi connectivity index (χ3n) is 1.78. The lowest BCUT2D eigenvalue weighted by Gasteiger charge is -2.04. The van der Waals surface area contributed by atoms with Crippen LogP contribution in [0.25, 0.3) is 11.1 Å². The van der Waals surface area contributed by atoms with E-state index in [0.29, 0.717) is 0 Å². The zero-order valence-corrected chi connectivity index (χ0v) is 9.19. The molecule has 2 aromatic rings.